The standard InChI is InChI=1S/C9H5O2S/c10-7-5-6-3-1-2-4-8(6)12-9(7)11/h1-5H. The molecule has 1 aromatic rings. The number of ketones is 1. The molecule has 0 saturated carbocycles. The molecule has 1 radical (unpaired) electrons. The average molecular weight is 177 g/mol. The van der Waals surface area contributed by atoms with Gasteiger partial charge in [0.2, 0.25) is 5.78 Å². The molecule has 0 aliphatic carbocycles. The molecule has 0 N–H and O–H groups in total. The van der Waals surface area contributed by atoms with Gasteiger partial charge in [-0.15, -0.1) is 0 Å². The molecule has 3 heteroatoms. The van der Waals surface area contributed by atoms with Crippen LogP contribution in [0.1, 0.15) is 5.56 Å². The van der Waals surface area contributed by atoms with E-state index in [0.717, 1.165) is 22.2 Å². The fraction of sp³-hybridized carbons (Fsp3) is 0. The van der Waals surface area contributed by atoms with E-state index >= 15 is 0 Å². The molecule has 0 atom stereocenters. The van der Waals surface area contributed by atoms with Crippen molar-refractivity contribution < 1.29 is 9.59 Å². The van der Waals surface area contributed by atoms with Crippen molar-refractivity contribution in [1.82, 2.24) is 0 Å². The Morgan fingerprint density at radius 3 is 2.67 bits per heavy atom. The quantitative estimate of drug-likeness (QED) is 0.562. The van der Waals surface area contributed by atoms with Gasteiger partial charge in [-0.1, -0.05) is 18.2 Å². The molecule has 0 spiro atoms. The molecule has 2 nitrogen and oxygen atoms in total. The van der Waals surface area contributed by atoms with Crippen LogP contribution in [0, 0.1) is 6.42 Å². The maximum atomic E-state index is 10.9. The first kappa shape index (κ1) is 7.55. The van der Waals surface area contributed by atoms with Crippen molar-refractivity contribution in [2.45, 2.75) is 4.90 Å². The molecular weight excluding hydrogens is 172 g/mol. The minimum absolute atomic E-state index is 0.395. The van der Waals surface area contributed by atoms with Crippen LogP contribution in [0.3, 0.4) is 0 Å². The summed E-state index contributed by atoms with van der Waals surface area (Å²) in [5, 5.41) is -0.395. The van der Waals surface area contributed by atoms with Crippen molar-refractivity contribution in [3.63, 3.8) is 0 Å². The fourth-order valence-corrected chi connectivity index (χ4v) is 1.79. The number of fused-ring (bicyclic) bond motifs is 1. The molecule has 2 rings (SSSR count). The Labute approximate surface area is 74.0 Å². The zero-order chi connectivity index (χ0) is 8.55. The molecule has 0 fully saturated rings. The van der Waals surface area contributed by atoms with Crippen molar-refractivity contribution in [1.29, 1.82) is 0 Å². The third-order valence-corrected chi connectivity index (χ3v) is 2.59. The number of hydrogen-bond acceptors (Lipinski definition) is 3. The van der Waals surface area contributed by atoms with E-state index in [1.807, 2.05) is 24.3 Å². The largest absolute Gasteiger partial charge is 0.289 e. The van der Waals surface area contributed by atoms with E-state index in [1.54, 1.807) is 0 Å². The molecule has 1 heterocycles. The molecule has 12 heavy (non-hydrogen) atoms. The highest BCUT2D eigenvalue weighted by Crippen LogP contribution is 2.29. The lowest BCUT2D eigenvalue weighted by atomic mass is 10.1. The summed E-state index contributed by atoms with van der Waals surface area (Å²) < 4.78 is 0. The first-order chi connectivity index (χ1) is 5.77. The summed E-state index contributed by atoms with van der Waals surface area (Å²) in [5.74, 6) is -0.418. The Kier molecular flexibility index (Phi) is 1.73. The minimum Gasteiger partial charge on any atom is -0.289 e. The monoisotopic (exact) mass is 177 g/mol. The van der Waals surface area contributed by atoms with Crippen LogP contribution in [0.2, 0.25) is 0 Å². The summed E-state index contributed by atoms with van der Waals surface area (Å²) in [6, 6.07) is 7.36. The number of rotatable bonds is 0. The van der Waals surface area contributed by atoms with Crippen molar-refractivity contribution in [3.05, 3.63) is 36.2 Å². The van der Waals surface area contributed by atoms with Gasteiger partial charge in [0.15, 0.2) is 0 Å². The van der Waals surface area contributed by atoms with E-state index in [4.69, 9.17) is 0 Å². The van der Waals surface area contributed by atoms with Crippen LogP contribution in [0.4, 0.5) is 0 Å². The summed E-state index contributed by atoms with van der Waals surface area (Å²) >= 11 is 1.00. The molecule has 59 valence electrons. The van der Waals surface area contributed by atoms with Crippen molar-refractivity contribution >= 4 is 22.7 Å². The van der Waals surface area contributed by atoms with Gasteiger partial charge < -0.3 is 0 Å². The van der Waals surface area contributed by atoms with E-state index < -0.39 is 10.9 Å². The zero-order valence-electron chi connectivity index (χ0n) is 6.11. The maximum Gasteiger partial charge on any atom is 0.260 e. The lowest BCUT2D eigenvalue weighted by molar-refractivity contribution is -0.129. The van der Waals surface area contributed by atoms with Gasteiger partial charge >= 0.3 is 0 Å². The van der Waals surface area contributed by atoms with Gasteiger partial charge in [-0.3, -0.25) is 9.59 Å². The molecule has 0 amide bonds. The van der Waals surface area contributed by atoms with Gasteiger partial charge in [0.1, 0.15) is 0 Å². The van der Waals surface area contributed by atoms with E-state index in [9.17, 15) is 9.59 Å². The first-order valence-corrected chi connectivity index (χ1v) is 4.29. The topological polar surface area (TPSA) is 34.1 Å². The minimum atomic E-state index is -0.418. The number of carbonyl (C=O) groups excluding carboxylic acids is 2. The summed E-state index contributed by atoms with van der Waals surface area (Å²) in [5.41, 5.74) is 0.840. The van der Waals surface area contributed by atoms with Gasteiger partial charge in [0.25, 0.3) is 5.12 Å². The SMILES string of the molecule is O=C1[CH]c2ccccc2SC1=O. The summed E-state index contributed by atoms with van der Waals surface area (Å²) in [6.07, 6.45) is 1.38. The normalized spacial score (nSPS) is 16.0. The predicted molar refractivity (Wildman–Crippen MR) is 45.7 cm³/mol. The van der Waals surface area contributed by atoms with E-state index in [1.165, 1.54) is 6.42 Å². The van der Waals surface area contributed by atoms with E-state index in [0.29, 0.717) is 0 Å². The number of benzene rings is 1. The Morgan fingerprint density at radius 1 is 1.08 bits per heavy atom. The summed E-state index contributed by atoms with van der Waals surface area (Å²) in [4.78, 5) is 22.7. The lowest BCUT2D eigenvalue weighted by Gasteiger charge is -2.10. The van der Waals surface area contributed by atoms with Crippen LogP contribution in [-0.2, 0) is 9.59 Å². The molecule has 1 aliphatic heterocycles. The van der Waals surface area contributed by atoms with Crippen LogP contribution in [0.5, 0.6) is 0 Å². The third-order valence-electron chi connectivity index (χ3n) is 1.61. The molecule has 1 aliphatic rings. The van der Waals surface area contributed by atoms with E-state index in [2.05, 4.69) is 0 Å². The highest BCUT2D eigenvalue weighted by Gasteiger charge is 2.24. The van der Waals surface area contributed by atoms with Gasteiger partial charge in [0, 0.05) is 4.90 Å². The highest BCUT2D eigenvalue weighted by atomic mass is 32.2. The Balaban J connectivity index is 2.47. The highest BCUT2D eigenvalue weighted by molar-refractivity contribution is 8.15. The van der Waals surface area contributed by atoms with Crippen molar-refractivity contribution in [2.75, 3.05) is 0 Å². The Hall–Kier alpha value is -1.09. The fourth-order valence-electron chi connectivity index (χ4n) is 1.04. The van der Waals surface area contributed by atoms with Gasteiger partial charge in [0.05, 0.1) is 6.42 Å². The first-order valence-electron chi connectivity index (χ1n) is 3.47. The van der Waals surface area contributed by atoms with Crippen molar-refractivity contribution in [3.8, 4) is 0 Å². The predicted octanol–water partition coefficient (Wildman–Crippen LogP) is 1.44. The zero-order valence-corrected chi connectivity index (χ0v) is 6.93. The molecule has 0 unspecified atom stereocenters. The van der Waals surface area contributed by atoms with Crippen LogP contribution < -0.4 is 0 Å². The smallest absolute Gasteiger partial charge is 0.260 e. The van der Waals surface area contributed by atoms with Gasteiger partial charge in [-0.2, -0.15) is 0 Å². The third kappa shape index (κ3) is 1.16. The summed E-state index contributed by atoms with van der Waals surface area (Å²) in [6.45, 7) is 0. The lowest BCUT2D eigenvalue weighted by Crippen LogP contribution is -2.15. The number of Topliss-reactive ketones (excluding diaryl/α,β-unsaturated/α-hetero) is 1. The molecular formula is C9H5O2S. The summed E-state index contributed by atoms with van der Waals surface area (Å²) in [7, 11) is 0. The van der Waals surface area contributed by atoms with Crippen LogP contribution >= 0.6 is 11.8 Å². The number of carbonyl (C=O) groups is 2. The Bertz CT molecular complexity index is 322. The molecule has 0 bridgehead atoms. The number of thioether (sulfide) groups is 1. The average Bonchev–Trinajstić information content (AvgIpc) is 2.07. The molecule has 1 aromatic carbocycles. The second-order valence-electron chi connectivity index (χ2n) is 2.44. The van der Waals surface area contributed by atoms with Gasteiger partial charge in [-0.05, 0) is 23.4 Å². The van der Waals surface area contributed by atoms with Crippen LogP contribution in [-0.4, -0.2) is 10.9 Å². The van der Waals surface area contributed by atoms with E-state index in [-0.39, 0.29) is 0 Å². The van der Waals surface area contributed by atoms with Crippen LogP contribution in [0.15, 0.2) is 29.2 Å². The second kappa shape index (κ2) is 2.75. The Morgan fingerprint density at radius 2 is 1.83 bits per heavy atom. The van der Waals surface area contributed by atoms with Gasteiger partial charge in [-0.25, -0.2) is 0 Å². The van der Waals surface area contributed by atoms with Crippen molar-refractivity contribution in [2.24, 2.45) is 0 Å². The molecule has 0 aromatic heterocycles. The second-order valence-corrected chi connectivity index (χ2v) is 3.45. The maximum absolute atomic E-state index is 10.9. The number of hydrogen-bond donors (Lipinski definition) is 0. The molecule has 0 saturated heterocycles. The van der Waals surface area contributed by atoms with Crippen LogP contribution in [0.25, 0.3) is 0 Å².